The molecule has 0 atom stereocenters. The largest absolute Gasteiger partial charge is 0.496 e. The molecule has 1 aliphatic rings. The first-order valence-electron chi connectivity index (χ1n) is 7.17. The van der Waals surface area contributed by atoms with Crippen LogP contribution in [0.4, 0.5) is 10.1 Å². The number of amides is 1. The molecule has 0 saturated heterocycles. The van der Waals surface area contributed by atoms with Gasteiger partial charge in [0, 0.05) is 5.75 Å². The molecular weight excluding hydrogens is 321 g/mol. The van der Waals surface area contributed by atoms with Gasteiger partial charge in [-0.15, -0.1) is 11.8 Å². The summed E-state index contributed by atoms with van der Waals surface area (Å²) in [5, 5.41) is 2.48. The zero-order valence-electron chi connectivity index (χ0n) is 13.1. The van der Waals surface area contributed by atoms with Gasteiger partial charge in [-0.2, -0.15) is 0 Å². The molecule has 7 heteroatoms. The number of thioether (sulfide) groups is 1. The van der Waals surface area contributed by atoms with Crippen molar-refractivity contribution in [3.05, 3.63) is 40.2 Å². The molecule has 1 amide bonds. The number of hydrogen-bond acceptors (Lipinski definition) is 5. The van der Waals surface area contributed by atoms with Gasteiger partial charge in [0.05, 0.1) is 24.0 Å². The topological polar surface area (TPSA) is 64.6 Å². The van der Waals surface area contributed by atoms with Crippen LogP contribution in [0.25, 0.3) is 0 Å². The van der Waals surface area contributed by atoms with Gasteiger partial charge in [-0.05, 0) is 39.0 Å². The van der Waals surface area contributed by atoms with E-state index in [9.17, 15) is 14.0 Å². The lowest BCUT2D eigenvalue weighted by Gasteiger charge is -2.18. The van der Waals surface area contributed by atoms with Crippen LogP contribution in [0.3, 0.4) is 0 Å². The number of rotatable bonds is 4. The van der Waals surface area contributed by atoms with E-state index in [0.717, 1.165) is 6.07 Å². The highest BCUT2D eigenvalue weighted by atomic mass is 32.2. The van der Waals surface area contributed by atoms with Crippen molar-refractivity contribution >= 4 is 29.3 Å². The Bertz CT molecular complexity index is 657. The fourth-order valence-corrected chi connectivity index (χ4v) is 2.76. The molecular formula is C16H18FNO4S. The van der Waals surface area contributed by atoms with Gasteiger partial charge in [0.25, 0.3) is 5.91 Å². The molecule has 1 N–H and O–H groups in total. The van der Waals surface area contributed by atoms with Crippen molar-refractivity contribution in [2.45, 2.75) is 26.9 Å². The van der Waals surface area contributed by atoms with Crippen LogP contribution in [0.15, 0.2) is 28.9 Å². The van der Waals surface area contributed by atoms with Gasteiger partial charge in [-0.25, -0.2) is 9.18 Å². The standard InChI is InChI=1S/C16H18FNO4S/c1-9(2)22-16(20)11-4-5-12(17)13(8-11)18-15(19)14-10(3)21-6-7-23-14/h4-5,8-9H,6-7H2,1-3H3,(H,18,19). The minimum absolute atomic E-state index is 0.0697. The number of benzene rings is 1. The highest BCUT2D eigenvalue weighted by Crippen LogP contribution is 2.27. The molecule has 0 bridgehead atoms. The lowest BCUT2D eigenvalue weighted by atomic mass is 10.2. The fourth-order valence-electron chi connectivity index (χ4n) is 1.94. The highest BCUT2D eigenvalue weighted by Gasteiger charge is 2.21. The van der Waals surface area contributed by atoms with Crippen LogP contribution in [0.2, 0.25) is 0 Å². The van der Waals surface area contributed by atoms with Crippen LogP contribution in [-0.2, 0) is 14.3 Å². The van der Waals surface area contributed by atoms with Crippen LogP contribution in [0, 0.1) is 5.82 Å². The molecule has 0 radical (unpaired) electrons. The molecule has 0 spiro atoms. The van der Waals surface area contributed by atoms with Crippen molar-refractivity contribution in [3.8, 4) is 0 Å². The monoisotopic (exact) mass is 339 g/mol. The molecule has 2 rings (SSSR count). The number of nitrogens with one attached hydrogen (secondary N) is 1. The van der Waals surface area contributed by atoms with Crippen LogP contribution in [0.1, 0.15) is 31.1 Å². The summed E-state index contributed by atoms with van der Waals surface area (Å²) in [6, 6.07) is 3.71. The summed E-state index contributed by atoms with van der Waals surface area (Å²) in [7, 11) is 0. The van der Waals surface area contributed by atoms with E-state index in [2.05, 4.69) is 5.32 Å². The zero-order chi connectivity index (χ0) is 17.0. The quantitative estimate of drug-likeness (QED) is 0.853. The van der Waals surface area contributed by atoms with E-state index in [1.807, 2.05) is 0 Å². The Morgan fingerprint density at radius 3 is 2.78 bits per heavy atom. The first kappa shape index (κ1) is 17.3. The second kappa shape index (κ2) is 7.50. The van der Waals surface area contributed by atoms with Crippen LogP contribution < -0.4 is 5.32 Å². The third-order valence-electron chi connectivity index (χ3n) is 2.97. The molecule has 1 aromatic carbocycles. The van der Waals surface area contributed by atoms with Gasteiger partial charge in [-0.1, -0.05) is 0 Å². The number of ether oxygens (including phenoxy) is 2. The number of hydrogen-bond donors (Lipinski definition) is 1. The fraction of sp³-hybridized carbons (Fsp3) is 0.375. The summed E-state index contributed by atoms with van der Waals surface area (Å²) in [5.74, 6) is -0.487. The van der Waals surface area contributed by atoms with Crippen molar-refractivity contribution in [1.29, 1.82) is 0 Å². The number of carbonyl (C=O) groups excluding carboxylic acids is 2. The van der Waals surface area contributed by atoms with Crippen molar-refractivity contribution in [3.63, 3.8) is 0 Å². The van der Waals surface area contributed by atoms with E-state index >= 15 is 0 Å². The smallest absolute Gasteiger partial charge is 0.338 e. The Labute approximate surface area is 138 Å². The molecule has 0 unspecified atom stereocenters. The van der Waals surface area contributed by atoms with Gasteiger partial charge in [0.1, 0.15) is 16.5 Å². The van der Waals surface area contributed by atoms with Gasteiger partial charge in [0.15, 0.2) is 0 Å². The maximum atomic E-state index is 13.9. The molecule has 0 aliphatic carbocycles. The molecule has 1 aromatic rings. The number of halogens is 1. The Hall–Kier alpha value is -2.02. The van der Waals surface area contributed by atoms with E-state index in [0.29, 0.717) is 23.0 Å². The molecule has 5 nitrogen and oxygen atoms in total. The minimum Gasteiger partial charge on any atom is -0.496 e. The Kier molecular flexibility index (Phi) is 5.65. The van der Waals surface area contributed by atoms with E-state index in [4.69, 9.17) is 9.47 Å². The summed E-state index contributed by atoms with van der Waals surface area (Å²) < 4.78 is 24.3. The first-order valence-corrected chi connectivity index (χ1v) is 8.15. The van der Waals surface area contributed by atoms with Gasteiger partial charge in [0.2, 0.25) is 0 Å². The van der Waals surface area contributed by atoms with Gasteiger partial charge in [-0.3, -0.25) is 4.79 Å². The lowest BCUT2D eigenvalue weighted by molar-refractivity contribution is -0.112. The van der Waals surface area contributed by atoms with Crippen molar-refractivity contribution in [2.24, 2.45) is 0 Å². The Morgan fingerprint density at radius 1 is 1.39 bits per heavy atom. The first-order chi connectivity index (χ1) is 10.9. The van der Waals surface area contributed by atoms with Gasteiger partial charge < -0.3 is 14.8 Å². The summed E-state index contributed by atoms with van der Waals surface area (Å²) in [4.78, 5) is 24.5. The maximum Gasteiger partial charge on any atom is 0.338 e. The lowest BCUT2D eigenvalue weighted by Crippen LogP contribution is -2.19. The highest BCUT2D eigenvalue weighted by molar-refractivity contribution is 8.04. The summed E-state index contributed by atoms with van der Waals surface area (Å²) in [6.45, 7) is 5.67. The molecule has 1 heterocycles. The third kappa shape index (κ3) is 4.48. The van der Waals surface area contributed by atoms with Crippen molar-refractivity contribution < 1.29 is 23.5 Å². The number of allylic oxidation sites excluding steroid dienone is 1. The second-order valence-electron chi connectivity index (χ2n) is 5.19. The summed E-state index contributed by atoms with van der Waals surface area (Å²) in [6.07, 6.45) is -0.283. The molecule has 0 aromatic heterocycles. The summed E-state index contributed by atoms with van der Waals surface area (Å²) >= 11 is 1.35. The maximum absolute atomic E-state index is 13.9. The molecule has 124 valence electrons. The number of anilines is 1. The normalized spacial score (nSPS) is 14.5. The Balaban J connectivity index is 2.19. The minimum atomic E-state index is -0.626. The zero-order valence-corrected chi connectivity index (χ0v) is 14.0. The van der Waals surface area contributed by atoms with E-state index in [1.165, 1.54) is 23.9 Å². The number of carbonyl (C=O) groups is 2. The SMILES string of the molecule is CC1=C(C(=O)Nc2cc(C(=O)OC(C)C)ccc2F)SCCO1. The molecule has 0 fully saturated rings. The van der Waals surface area contributed by atoms with Gasteiger partial charge >= 0.3 is 5.97 Å². The molecule has 23 heavy (non-hydrogen) atoms. The third-order valence-corrected chi connectivity index (χ3v) is 4.10. The van der Waals surface area contributed by atoms with Crippen LogP contribution in [-0.4, -0.2) is 30.3 Å². The van der Waals surface area contributed by atoms with Crippen LogP contribution >= 0.6 is 11.8 Å². The molecule has 0 saturated carbocycles. The van der Waals surface area contributed by atoms with Crippen molar-refractivity contribution in [1.82, 2.24) is 0 Å². The van der Waals surface area contributed by atoms with E-state index < -0.39 is 17.7 Å². The molecule has 1 aliphatic heterocycles. The van der Waals surface area contributed by atoms with E-state index in [1.54, 1.807) is 20.8 Å². The average molecular weight is 339 g/mol. The number of esters is 1. The predicted octanol–water partition coefficient (Wildman–Crippen LogP) is 3.32. The Morgan fingerprint density at radius 2 is 2.13 bits per heavy atom. The van der Waals surface area contributed by atoms with Crippen molar-refractivity contribution in [2.75, 3.05) is 17.7 Å². The predicted molar refractivity (Wildman–Crippen MR) is 86.7 cm³/mol. The summed E-state index contributed by atoms with van der Waals surface area (Å²) in [5.41, 5.74) is 0.105. The van der Waals surface area contributed by atoms with E-state index in [-0.39, 0.29) is 17.4 Å². The van der Waals surface area contributed by atoms with Crippen LogP contribution in [0.5, 0.6) is 0 Å². The average Bonchev–Trinajstić information content (AvgIpc) is 2.49. The second-order valence-corrected chi connectivity index (χ2v) is 6.29.